The van der Waals surface area contributed by atoms with E-state index in [1.54, 1.807) is 7.11 Å². The minimum absolute atomic E-state index is 0.105. The second-order valence-electron chi connectivity index (χ2n) is 5.62. The third-order valence-corrected chi connectivity index (χ3v) is 2.66. The summed E-state index contributed by atoms with van der Waals surface area (Å²) in [6, 6.07) is 0. The molecule has 4 heteroatoms. The lowest BCUT2D eigenvalue weighted by Gasteiger charge is -2.20. The summed E-state index contributed by atoms with van der Waals surface area (Å²) >= 11 is 0. The number of nitrogens with one attached hydrogen (secondary N) is 1. The van der Waals surface area contributed by atoms with Crippen LogP contribution in [0.2, 0.25) is 0 Å². The summed E-state index contributed by atoms with van der Waals surface area (Å²) in [5, 5.41) is 3.46. The Bertz CT molecular complexity index is 372. The molecule has 0 saturated carbocycles. The SMILES string of the molecule is COCCCc1ncc(C)c(CNC(C)(C)C)n1. The molecule has 102 valence electrons. The maximum atomic E-state index is 5.04. The topological polar surface area (TPSA) is 47.0 Å². The van der Waals surface area contributed by atoms with E-state index >= 15 is 0 Å². The van der Waals surface area contributed by atoms with Gasteiger partial charge in [-0.25, -0.2) is 9.97 Å². The predicted molar refractivity (Wildman–Crippen MR) is 73.6 cm³/mol. The second kappa shape index (κ2) is 6.81. The largest absolute Gasteiger partial charge is 0.385 e. The second-order valence-corrected chi connectivity index (χ2v) is 5.62. The third kappa shape index (κ3) is 5.56. The molecule has 0 unspecified atom stereocenters. The van der Waals surface area contributed by atoms with E-state index in [1.165, 1.54) is 0 Å². The van der Waals surface area contributed by atoms with Crippen molar-refractivity contribution in [3.63, 3.8) is 0 Å². The van der Waals surface area contributed by atoms with Crippen LogP contribution in [0.1, 0.15) is 44.3 Å². The highest BCUT2D eigenvalue weighted by molar-refractivity contribution is 5.15. The number of hydrogen-bond acceptors (Lipinski definition) is 4. The minimum atomic E-state index is 0.105. The zero-order valence-corrected chi connectivity index (χ0v) is 12.2. The number of aryl methyl sites for hydroxylation is 2. The van der Waals surface area contributed by atoms with E-state index in [0.29, 0.717) is 0 Å². The molecule has 0 bridgehead atoms. The molecular formula is C14H25N3O. The Morgan fingerprint density at radius 1 is 1.33 bits per heavy atom. The zero-order chi connectivity index (χ0) is 13.6. The molecular weight excluding hydrogens is 226 g/mol. The van der Waals surface area contributed by atoms with Gasteiger partial charge in [-0.3, -0.25) is 0 Å². The molecule has 1 heterocycles. The van der Waals surface area contributed by atoms with Crippen LogP contribution < -0.4 is 5.32 Å². The molecule has 0 saturated heterocycles. The molecule has 1 aromatic heterocycles. The van der Waals surface area contributed by atoms with Crippen LogP contribution in [0, 0.1) is 6.92 Å². The Kier molecular flexibility index (Phi) is 5.69. The molecule has 0 amide bonds. The summed E-state index contributed by atoms with van der Waals surface area (Å²) in [5.74, 6) is 0.906. The van der Waals surface area contributed by atoms with Crippen LogP contribution in [0.3, 0.4) is 0 Å². The molecule has 0 aliphatic heterocycles. The highest BCUT2D eigenvalue weighted by Crippen LogP contribution is 2.08. The smallest absolute Gasteiger partial charge is 0.128 e. The summed E-state index contributed by atoms with van der Waals surface area (Å²) in [5.41, 5.74) is 2.34. The summed E-state index contributed by atoms with van der Waals surface area (Å²) < 4.78 is 5.04. The van der Waals surface area contributed by atoms with Gasteiger partial charge in [0.15, 0.2) is 0 Å². The lowest BCUT2D eigenvalue weighted by atomic mass is 10.1. The van der Waals surface area contributed by atoms with E-state index in [9.17, 15) is 0 Å². The van der Waals surface area contributed by atoms with Crippen LogP contribution in [0.5, 0.6) is 0 Å². The lowest BCUT2D eigenvalue weighted by Crippen LogP contribution is -2.35. The minimum Gasteiger partial charge on any atom is -0.385 e. The highest BCUT2D eigenvalue weighted by Gasteiger charge is 2.11. The van der Waals surface area contributed by atoms with Gasteiger partial charge in [-0.15, -0.1) is 0 Å². The van der Waals surface area contributed by atoms with Gasteiger partial charge in [-0.1, -0.05) is 0 Å². The molecule has 0 aromatic carbocycles. The Balaban J connectivity index is 2.63. The summed E-state index contributed by atoms with van der Waals surface area (Å²) in [7, 11) is 1.72. The predicted octanol–water partition coefficient (Wildman–Crippen LogP) is 2.25. The van der Waals surface area contributed by atoms with E-state index in [-0.39, 0.29) is 5.54 Å². The van der Waals surface area contributed by atoms with E-state index in [0.717, 1.165) is 43.1 Å². The van der Waals surface area contributed by atoms with Gasteiger partial charge in [-0.05, 0) is 39.7 Å². The molecule has 1 aromatic rings. The van der Waals surface area contributed by atoms with Crippen LogP contribution >= 0.6 is 0 Å². The molecule has 0 aliphatic rings. The number of aromatic nitrogens is 2. The number of rotatable bonds is 6. The molecule has 0 fully saturated rings. The van der Waals surface area contributed by atoms with Crippen molar-refractivity contribution in [2.75, 3.05) is 13.7 Å². The van der Waals surface area contributed by atoms with Crippen molar-refractivity contribution in [1.29, 1.82) is 0 Å². The molecule has 0 spiro atoms. The van der Waals surface area contributed by atoms with Gasteiger partial charge in [0.05, 0.1) is 5.69 Å². The lowest BCUT2D eigenvalue weighted by molar-refractivity contribution is 0.194. The number of hydrogen-bond donors (Lipinski definition) is 1. The number of methoxy groups -OCH3 is 1. The van der Waals surface area contributed by atoms with Gasteiger partial charge in [0, 0.05) is 38.4 Å². The van der Waals surface area contributed by atoms with Crippen molar-refractivity contribution in [2.45, 2.75) is 52.6 Å². The van der Waals surface area contributed by atoms with Gasteiger partial charge in [0.2, 0.25) is 0 Å². The van der Waals surface area contributed by atoms with Crippen LogP contribution in [0.4, 0.5) is 0 Å². The van der Waals surface area contributed by atoms with E-state index < -0.39 is 0 Å². The van der Waals surface area contributed by atoms with Gasteiger partial charge >= 0.3 is 0 Å². The zero-order valence-electron chi connectivity index (χ0n) is 12.2. The Hall–Kier alpha value is -1.00. The van der Waals surface area contributed by atoms with Crippen LogP contribution in [-0.2, 0) is 17.7 Å². The van der Waals surface area contributed by atoms with Crippen molar-refractivity contribution in [3.05, 3.63) is 23.3 Å². The first-order chi connectivity index (χ1) is 8.42. The third-order valence-electron chi connectivity index (χ3n) is 2.66. The van der Waals surface area contributed by atoms with E-state index in [1.807, 2.05) is 6.20 Å². The monoisotopic (exact) mass is 251 g/mol. The first-order valence-corrected chi connectivity index (χ1v) is 6.48. The van der Waals surface area contributed by atoms with Crippen molar-refractivity contribution in [1.82, 2.24) is 15.3 Å². The average molecular weight is 251 g/mol. The van der Waals surface area contributed by atoms with Gasteiger partial charge in [0.25, 0.3) is 0 Å². The van der Waals surface area contributed by atoms with Crippen molar-refractivity contribution >= 4 is 0 Å². The van der Waals surface area contributed by atoms with Crippen molar-refractivity contribution < 1.29 is 4.74 Å². The van der Waals surface area contributed by atoms with E-state index in [2.05, 4.69) is 43.0 Å². The summed E-state index contributed by atoms with van der Waals surface area (Å²) in [4.78, 5) is 8.98. The van der Waals surface area contributed by atoms with Crippen molar-refractivity contribution in [3.8, 4) is 0 Å². The maximum Gasteiger partial charge on any atom is 0.128 e. The van der Waals surface area contributed by atoms with Crippen molar-refractivity contribution in [2.24, 2.45) is 0 Å². The quantitative estimate of drug-likeness (QED) is 0.788. The standard InChI is InChI=1S/C14H25N3O/c1-11-9-15-13(7-6-8-18-5)17-12(11)10-16-14(2,3)4/h9,16H,6-8,10H2,1-5H3. The summed E-state index contributed by atoms with van der Waals surface area (Å²) in [6.07, 6.45) is 3.75. The molecule has 18 heavy (non-hydrogen) atoms. The fraction of sp³-hybridized carbons (Fsp3) is 0.714. The molecule has 1 N–H and O–H groups in total. The van der Waals surface area contributed by atoms with Gasteiger partial charge < -0.3 is 10.1 Å². The number of ether oxygens (including phenoxy) is 1. The normalized spacial score (nSPS) is 11.8. The highest BCUT2D eigenvalue weighted by atomic mass is 16.5. The first kappa shape index (κ1) is 15.1. The van der Waals surface area contributed by atoms with E-state index in [4.69, 9.17) is 4.74 Å². The van der Waals surface area contributed by atoms with Crippen LogP contribution in [0.15, 0.2) is 6.20 Å². The van der Waals surface area contributed by atoms with Gasteiger partial charge in [0.1, 0.15) is 5.82 Å². The molecule has 0 radical (unpaired) electrons. The fourth-order valence-corrected chi connectivity index (χ4v) is 1.54. The Morgan fingerprint density at radius 2 is 2.06 bits per heavy atom. The maximum absolute atomic E-state index is 5.04. The fourth-order valence-electron chi connectivity index (χ4n) is 1.54. The Labute approximate surface area is 110 Å². The van der Waals surface area contributed by atoms with Crippen LogP contribution in [-0.4, -0.2) is 29.2 Å². The summed E-state index contributed by atoms with van der Waals surface area (Å²) in [6.45, 7) is 10.1. The average Bonchev–Trinajstić information content (AvgIpc) is 2.29. The first-order valence-electron chi connectivity index (χ1n) is 6.48. The molecule has 0 atom stereocenters. The van der Waals surface area contributed by atoms with Gasteiger partial charge in [-0.2, -0.15) is 0 Å². The molecule has 1 rings (SSSR count). The Morgan fingerprint density at radius 3 is 2.67 bits per heavy atom. The van der Waals surface area contributed by atoms with Crippen LogP contribution in [0.25, 0.3) is 0 Å². The molecule has 4 nitrogen and oxygen atoms in total. The molecule has 0 aliphatic carbocycles. The number of nitrogens with zero attached hydrogens (tertiary/aromatic N) is 2.